The van der Waals surface area contributed by atoms with Crippen LogP contribution in [-0.2, 0) is 23.5 Å². The minimum absolute atomic E-state index is 0.0355. The molecule has 0 bridgehead atoms. The van der Waals surface area contributed by atoms with Crippen LogP contribution in [0.2, 0.25) is 0 Å². The van der Waals surface area contributed by atoms with E-state index >= 15 is 0 Å². The topological polar surface area (TPSA) is 44.8 Å². The summed E-state index contributed by atoms with van der Waals surface area (Å²) in [5.74, 6) is -0.845. The van der Waals surface area contributed by atoms with Crippen LogP contribution >= 0.6 is 0 Å². The summed E-state index contributed by atoms with van der Waals surface area (Å²) in [4.78, 5) is 17.1. The molecule has 11 heteroatoms. The Morgan fingerprint density at radius 3 is 2.30 bits per heavy atom. The SMILES string of the molecule is Cc1ccc(C[C@@H]2CN(C/C=C/[C@@H]3CNCCO3)CCN2C(=O)c2cc(C(F)(F)F)cc(C(F)(F)F)c2)cc1C. The second kappa shape index (κ2) is 12.3. The number of ether oxygens (including phenoxy) is 1. The molecule has 2 aliphatic heterocycles. The highest BCUT2D eigenvalue weighted by Crippen LogP contribution is 2.37. The highest BCUT2D eigenvalue weighted by atomic mass is 19.4. The van der Waals surface area contributed by atoms with Crippen molar-refractivity contribution in [1.29, 1.82) is 0 Å². The summed E-state index contributed by atoms with van der Waals surface area (Å²) in [6.07, 6.45) is -5.72. The lowest BCUT2D eigenvalue weighted by Crippen LogP contribution is -2.56. The van der Waals surface area contributed by atoms with E-state index in [-0.39, 0.29) is 18.7 Å². The van der Waals surface area contributed by atoms with Crippen molar-refractivity contribution in [2.45, 2.75) is 44.8 Å². The number of benzene rings is 2. The maximum atomic E-state index is 13.5. The first-order chi connectivity index (χ1) is 18.8. The molecule has 218 valence electrons. The number of morpholine rings is 1. The molecule has 0 unspecified atom stereocenters. The Labute approximate surface area is 229 Å². The van der Waals surface area contributed by atoms with E-state index in [1.165, 1.54) is 4.90 Å². The summed E-state index contributed by atoms with van der Waals surface area (Å²) in [6, 6.07) is 6.50. The predicted molar refractivity (Wildman–Crippen MR) is 139 cm³/mol. The summed E-state index contributed by atoms with van der Waals surface area (Å²) in [5.41, 5.74) is -0.540. The molecule has 0 aliphatic carbocycles. The highest BCUT2D eigenvalue weighted by Gasteiger charge is 2.39. The molecular formula is C29H33F6N3O2. The number of carbonyl (C=O) groups is 1. The Bertz CT molecular complexity index is 1190. The molecule has 5 nitrogen and oxygen atoms in total. The number of halogens is 6. The van der Waals surface area contributed by atoms with Crippen LogP contribution < -0.4 is 5.32 Å². The third-order valence-electron chi connectivity index (χ3n) is 7.38. The van der Waals surface area contributed by atoms with Gasteiger partial charge in [0.25, 0.3) is 5.91 Å². The summed E-state index contributed by atoms with van der Waals surface area (Å²) in [6.45, 7) is 7.66. The quantitative estimate of drug-likeness (QED) is 0.381. The van der Waals surface area contributed by atoms with E-state index in [1.807, 2.05) is 44.2 Å². The van der Waals surface area contributed by atoms with Crippen molar-refractivity contribution in [1.82, 2.24) is 15.1 Å². The molecule has 2 heterocycles. The van der Waals surface area contributed by atoms with Gasteiger partial charge in [-0.1, -0.05) is 30.4 Å². The summed E-state index contributed by atoms with van der Waals surface area (Å²) < 4.78 is 86.4. The van der Waals surface area contributed by atoms with E-state index < -0.39 is 41.0 Å². The van der Waals surface area contributed by atoms with Gasteiger partial charge in [-0.2, -0.15) is 26.3 Å². The third-order valence-corrected chi connectivity index (χ3v) is 7.38. The molecule has 2 aromatic rings. The summed E-state index contributed by atoms with van der Waals surface area (Å²) in [5, 5.41) is 3.25. The first kappa shape index (κ1) is 30.1. The van der Waals surface area contributed by atoms with Crippen LogP contribution in [-0.4, -0.2) is 73.7 Å². The average Bonchev–Trinajstić information content (AvgIpc) is 2.90. The van der Waals surface area contributed by atoms with Gasteiger partial charge >= 0.3 is 12.4 Å². The Balaban J connectivity index is 1.59. The molecule has 0 saturated carbocycles. The van der Waals surface area contributed by atoms with Crippen molar-refractivity contribution in [3.05, 3.63) is 81.9 Å². The van der Waals surface area contributed by atoms with Crippen LogP contribution in [0.25, 0.3) is 0 Å². The second-order valence-electron chi connectivity index (χ2n) is 10.4. The highest BCUT2D eigenvalue weighted by molar-refractivity contribution is 5.95. The second-order valence-corrected chi connectivity index (χ2v) is 10.4. The molecule has 1 N–H and O–H groups in total. The lowest BCUT2D eigenvalue weighted by Gasteiger charge is -2.41. The van der Waals surface area contributed by atoms with Gasteiger partial charge in [0, 0.05) is 50.9 Å². The van der Waals surface area contributed by atoms with E-state index in [4.69, 9.17) is 4.74 Å². The molecule has 4 rings (SSSR count). The fraction of sp³-hybridized carbons (Fsp3) is 0.483. The molecule has 2 saturated heterocycles. The van der Waals surface area contributed by atoms with E-state index in [0.29, 0.717) is 51.3 Å². The number of alkyl halides is 6. The number of piperazine rings is 1. The number of amides is 1. The normalized spacial score (nSPS) is 21.2. The van der Waals surface area contributed by atoms with Crippen molar-refractivity contribution < 1.29 is 35.9 Å². The Morgan fingerprint density at radius 1 is 1.00 bits per heavy atom. The van der Waals surface area contributed by atoms with E-state index in [2.05, 4.69) is 10.2 Å². The molecule has 1 amide bonds. The maximum Gasteiger partial charge on any atom is 0.416 e. The standard InChI is InChI=1S/C29H33F6N3O2/c1-19-5-6-21(12-20(19)2)13-25-18-37(8-3-4-26-17-36-7-11-40-26)9-10-38(25)27(39)22-14-23(28(30,31)32)16-24(15-22)29(33,34)35/h3-6,12,14-16,25-26,36H,7-11,13,17-18H2,1-2H3/b4-3+/t25-,26-/m1/s1. The third kappa shape index (κ3) is 7.64. The molecule has 2 atom stereocenters. The Hall–Kier alpha value is -2.89. The Morgan fingerprint density at radius 2 is 1.70 bits per heavy atom. The average molecular weight is 570 g/mol. The monoisotopic (exact) mass is 569 g/mol. The molecule has 2 aromatic carbocycles. The van der Waals surface area contributed by atoms with E-state index in [9.17, 15) is 31.1 Å². The van der Waals surface area contributed by atoms with Crippen molar-refractivity contribution in [2.75, 3.05) is 45.9 Å². The van der Waals surface area contributed by atoms with Crippen molar-refractivity contribution in [2.24, 2.45) is 0 Å². The zero-order valence-corrected chi connectivity index (χ0v) is 22.4. The lowest BCUT2D eigenvalue weighted by molar-refractivity contribution is -0.143. The van der Waals surface area contributed by atoms with Gasteiger partial charge in [-0.25, -0.2) is 0 Å². The van der Waals surface area contributed by atoms with Crippen LogP contribution in [0.4, 0.5) is 26.3 Å². The van der Waals surface area contributed by atoms with Crippen LogP contribution in [0.15, 0.2) is 48.6 Å². The van der Waals surface area contributed by atoms with Gasteiger partial charge < -0.3 is 15.0 Å². The van der Waals surface area contributed by atoms with E-state index in [1.54, 1.807) is 0 Å². The van der Waals surface area contributed by atoms with E-state index in [0.717, 1.165) is 23.2 Å². The van der Waals surface area contributed by atoms with Gasteiger partial charge in [-0.05, 0) is 55.2 Å². The first-order valence-electron chi connectivity index (χ1n) is 13.2. The van der Waals surface area contributed by atoms with Gasteiger partial charge in [0.1, 0.15) is 0 Å². The molecular weight excluding hydrogens is 536 g/mol. The largest absolute Gasteiger partial charge is 0.416 e. The number of carbonyl (C=O) groups excluding carboxylic acids is 1. The van der Waals surface area contributed by atoms with Crippen LogP contribution in [0.1, 0.15) is 38.2 Å². The molecule has 2 aliphatic rings. The summed E-state index contributed by atoms with van der Waals surface area (Å²) in [7, 11) is 0. The Kier molecular flexibility index (Phi) is 9.26. The number of nitrogens with one attached hydrogen (secondary N) is 1. The van der Waals surface area contributed by atoms with Crippen LogP contribution in [0.5, 0.6) is 0 Å². The number of hydrogen-bond acceptors (Lipinski definition) is 4. The molecule has 40 heavy (non-hydrogen) atoms. The number of rotatable bonds is 6. The van der Waals surface area contributed by atoms with Gasteiger partial charge in [0.2, 0.25) is 0 Å². The first-order valence-corrected chi connectivity index (χ1v) is 13.2. The molecule has 0 spiro atoms. The predicted octanol–water partition coefficient (Wildman–Crippen LogP) is 5.25. The van der Waals surface area contributed by atoms with Gasteiger partial charge in [0.05, 0.1) is 23.8 Å². The smallest absolute Gasteiger partial charge is 0.372 e. The molecule has 0 aromatic heterocycles. The summed E-state index contributed by atoms with van der Waals surface area (Å²) >= 11 is 0. The fourth-order valence-corrected chi connectivity index (χ4v) is 5.05. The molecule has 0 radical (unpaired) electrons. The number of hydrogen-bond donors (Lipinski definition) is 1. The van der Waals surface area contributed by atoms with Crippen LogP contribution in [0.3, 0.4) is 0 Å². The van der Waals surface area contributed by atoms with Crippen molar-refractivity contribution in [3.63, 3.8) is 0 Å². The van der Waals surface area contributed by atoms with Crippen LogP contribution in [0, 0.1) is 13.8 Å². The van der Waals surface area contributed by atoms with Gasteiger partial charge in [-0.15, -0.1) is 0 Å². The van der Waals surface area contributed by atoms with Gasteiger partial charge in [0.15, 0.2) is 0 Å². The minimum Gasteiger partial charge on any atom is -0.372 e. The molecule has 2 fully saturated rings. The fourth-order valence-electron chi connectivity index (χ4n) is 5.05. The lowest BCUT2D eigenvalue weighted by atomic mass is 9.97. The zero-order chi connectivity index (χ0) is 29.1. The minimum atomic E-state index is -5.03. The van der Waals surface area contributed by atoms with Crippen molar-refractivity contribution >= 4 is 5.91 Å². The number of nitrogens with zero attached hydrogens (tertiary/aromatic N) is 2. The number of aryl methyl sites for hydroxylation is 2. The zero-order valence-electron chi connectivity index (χ0n) is 22.4. The van der Waals surface area contributed by atoms with Gasteiger partial charge in [-0.3, -0.25) is 9.69 Å². The maximum absolute atomic E-state index is 13.5. The van der Waals surface area contributed by atoms with Crippen molar-refractivity contribution in [3.8, 4) is 0 Å².